The maximum Gasteiger partial charge on any atom is 0.124 e. The summed E-state index contributed by atoms with van der Waals surface area (Å²) in [5, 5.41) is 19.7. The van der Waals surface area contributed by atoms with Crippen molar-refractivity contribution in [3.05, 3.63) is 81.8 Å². The molecule has 2 aromatic rings. The third-order valence-electron chi connectivity index (χ3n) is 4.77. The molecule has 3 nitrogen and oxygen atoms in total. The number of hydrogen-bond acceptors (Lipinski definition) is 3. The lowest BCUT2D eigenvalue weighted by Gasteiger charge is -2.28. The lowest BCUT2D eigenvalue weighted by atomic mass is 9.76. The van der Waals surface area contributed by atoms with Crippen LogP contribution >= 0.6 is 11.6 Å². The van der Waals surface area contributed by atoms with E-state index >= 15 is 0 Å². The maximum absolute atomic E-state index is 13.5. The smallest absolute Gasteiger partial charge is 0.124 e. The van der Waals surface area contributed by atoms with Gasteiger partial charge in [-0.2, -0.15) is 10.5 Å². The van der Waals surface area contributed by atoms with E-state index in [0.717, 1.165) is 12.0 Å². The van der Waals surface area contributed by atoms with E-state index in [2.05, 4.69) is 17.1 Å². The molecule has 0 saturated carbocycles. The average Bonchev–Trinajstić information content (AvgIpc) is 2.67. The minimum atomic E-state index is -0.608. The van der Waals surface area contributed by atoms with E-state index in [4.69, 9.17) is 11.6 Å². The van der Waals surface area contributed by atoms with Crippen molar-refractivity contribution in [2.45, 2.75) is 25.7 Å². The van der Waals surface area contributed by atoms with Gasteiger partial charge in [0, 0.05) is 16.7 Å². The second-order valence-corrected chi connectivity index (χ2v) is 6.87. The van der Waals surface area contributed by atoms with E-state index in [-0.39, 0.29) is 5.02 Å². The number of aliphatic imine (C=N–C) groups is 1. The van der Waals surface area contributed by atoms with Crippen molar-refractivity contribution < 1.29 is 4.39 Å². The molecule has 0 saturated heterocycles. The van der Waals surface area contributed by atoms with Crippen LogP contribution < -0.4 is 0 Å². The Labute approximate surface area is 163 Å². The molecule has 0 radical (unpaired) electrons. The summed E-state index contributed by atoms with van der Waals surface area (Å²) in [6.45, 7) is 1.79. The Bertz CT molecular complexity index is 996. The second kappa shape index (κ2) is 8.16. The first-order valence-corrected chi connectivity index (χ1v) is 8.99. The third kappa shape index (κ3) is 3.92. The molecule has 0 amide bonds. The van der Waals surface area contributed by atoms with Gasteiger partial charge in [0.25, 0.3) is 0 Å². The molecule has 0 fully saturated rings. The fraction of sp³-hybridized carbons (Fsp3) is 0.227. The van der Waals surface area contributed by atoms with Crippen LogP contribution in [0.1, 0.15) is 30.4 Å². The largest absolute Gasteiger partial charge is 0.260 e. The highest BCUT2D eigenvalue weighted by atomic mass is 35.5. The molecule has 134 valence electrons. The molecule has 0 aromatic heterocycles. The van der Waals surface area contributed by atoms with Crippen LogP contribution in [0, 0.1) is 34.4 Å². The topological polar surface area (TPSA) is 59.9 Å². The van der Waals surface area contributed by atoms with E-state index in [1.54, 1.807) is 13.0 Å². The summed E-state index contributed by atoms with van der Waals surface area (Å²) in [7, 11) is 0. The molecule has 0 N–H and O–H groups in total. The van der Waals surface area contributed by atoms with Crippen molar-refractivity contribution in [2.24, 2.45) is 10.9 Å². The minimum absolute atomic E-state index is 0.213. The van der Waals surface area contributed by atoms with Crippen molar-refractivity contribution in [3.8, 4) is 12.1 Å². The van der Waals surface area contributed by atoms with Gasteiger partial charge in [-0.3, -0.25) is 4.99 Å². The summed E-state index contributed by atoms with van der Waals surface area (Å²) < 4.78 is 13.5. The normalized spacial score (nSPS) is 19.2. The van der Waals surface area contributed by atoms with Gasteiger partial charge in [-0.25, -0.2) is 4.39 Å². The Kier molecular flexibility index (Phi) is 5.69. The van der Waals surface area contributed by atoms with Gasteiger partial charge in [0.05, 0.1) is 29.3 Å². The second-order valence-electron chi connectivity index (χ2n) is 6.46. The molecule has 2 unspecified atom stereocenters. The van der Waals surface area contributed by atoms with Gasteiger partial charge < -0.3 is 0 Å². The maximum atomic E-state index is 13.5. The number of nitriles is 2. The van der Waals surface area contributed by atoms with E-state index in [0.29, 0.717) is 29.0 Å². The number of aryl methyl sites for hydroxylation is 1. The van der Waals surface area contributed by atoms with Crippen molar-refractivity contribution in [3.63, 3.8) is 0 Å². The lowest BCUT2D eigenvalue weighted by Crippen LogP contribution is -2.25. The summed E-state index contributed by atoms with van der Waals surface area (Å²) in [6, 6.07) is 18.5. The van der Waals surface area contributed by atoms with Gasteiger partial charge in [0.2, 0.25) is 0 Å². The fourth-order valence-corrected chi connectivity index (χ4v) is 3.70. The van der Waals surface area contributed by atoms with Crippen molar-refractivity contribution in [1.82, 2.24) is 0 Å². The van der Waals surface area contributed by atoms with Crippen LogP contribution in [0.2, 0.25) is 5.02 Å². The highest BCUT2D eigenvalue weighted by Gasteiger charge is 2.35. The zero-order valence-corrected chi connectivity index (χ0v) is 15.5. The standard InChI is InChI=1S/C22H17ClFN3/c1-14-18(12-25)22(17-9-8-16(24)11-20(17)23)19(13-26)21(27-14)10-7-15-5-3-2-4-6-15/h2-6,8-9,11,18,22H,7,10H2,1H3. The minimum Gasteiger partial charge on any atom is -0.260 e. The van der Waals surface area contributed by atoms with Crippen molar-refractivity contribution >= 4 is 17.3 Å². The molecule has 2 atom stereocenters. The monoisotopic (exact) mass is 377 g/mol. The fourth-order valence-electron chi connectivity index (χ4n) is 3.42. The van der Waals surface area contributed by atoms with Crippen molar-refractivity contribution in [1.29, 1.82) is 10.5 Å². The van der Waals surface area contributed by atoms with Gasteiger partial charge in [-0.15, -0.1) is 0 Å². The first-order valence-electron chi connectivity index (χ1n) is 8.62. The van der Waals surface area contributed by atoms with Crippen LogP contribution in [0.15, 0.2) is 64.8 Å². The molecule has 0 bridgehead atoms. The molecule has 1 heterocycles. The quantitative estimate of drug-likeness (QED) is 0.697. The predicted octanol–water partition coefficient (Wildman–Crippen LogP) is 5.59. The number of nitrogens with zero attached hydrogens (tertiary/aromatic N) is 3. The number of hydrogen-bond donors (Lipinski definition) is 0. The highest BCUT2D eigenvalue weighted by Crippen LogP contribution is 2.42. The summed E-state index contributed by atoms with van der Waals surface area (Å²) in [5.41, 5.74) is 3.46. The van der Waals surface area contributed by atoms with Crippen molar-refractivity contribution in [2.75, 3.05) is 0 Å². The highest BCUT2D eigenvalue weighted by molar-refractivity contribution is 6.31. The van der Waals surface area contributed by atoms with Crippen LogP contribution in [-0.2, 0) is 6.42 Å². The molecule has 27 heavy (non-hydrogen) atoms. The Morgan fingerprint density at radius 3 is 2.48 bits per heavy atom. The number of halogens is 2. The van der Waals surface area contributed by atoms with E-state index < -0.39 is 17.7 Å². The van der Waals surface area contributed by atoms with Crippen LogP contribution in [0.25, 0.3) is 0 Å². The predicted molar refractivity (Wildman–Crippen MR) is 104 cm³/mol. The summed E-state index contributed by atoms with van der Waals surface area (Å²) in [4.78, 5) is 4.56. The molecule has 1 aliphatic rings. The van der Waals surface area contributed by atoms with Gasteiger partial charge >= 0.3 is 0 Å². The lowest BCUT2D eigenvalue weighted by molar-refractivity contribution is 0.624. The first kappa shape index (κ1) is 18.8. The number of allylic oxidation sites excluding steroid dienone is 2. The van der Waals surface area contributed by atoms with E-state index in [9.17, 15) is 14.9 Å². The molecular formula is C22H17ClFN3. The molecule has 5 heteroatoms. The van der Waals surface area contributed by atoms with E-state index in [1.165, 1.54) is 12.1 Å². The van der Waals surface area contributed by atoms with Gasteiger partial charge in [0.15, 0.2) is 0 Å². The molecule has 0 aliphatic carbocycles. The molecule has 1 aliphatic heterocycles. The Hall–Kier alpha value is -2.95. The summed E-state index contributed by atoms with van der Waals surface area (Å²) in [6.07, 6.45) is 1.32. The summed E-state index contributed by atoms with van der Waals surface area (Å²) >= 11 is 6.25. The molecular weight excluding hydrogens is 361 g/mol. The van der Waals surface area contributed by atoms with Crippen LogP contribution in [0.5, 0.6) is 0 Å². The van der Waals surface area contributed by atoms with Gasteiger partial charge in [0.1, 0.15) is 5.82 Å². The average molecular weight is 378 g/mol. The Balaban J connectivity index is 2.04. The van der Waals surface area contributed by atoms with Crippen LogP contribution in [-0.4, -0.2) is 5.71 Å². The van der Waals surface area contributed by atoms with Crippen LogP contribution in [0.3, 0.4) is 0 Å². The molecule has 0 spiro atoms. The first-order chi connectivity index (χ1) is 13.0. The Morgan fingerprint density at radius 2 is 1.85 bits per heavy atom. The third-order valence-corrected chi connectivity index (χ3v) is 5.09. The number of benzene rings is 2. The summed E-state index contributed by atoms with van der Waals surface area (Å²) in [5.74, 6) is -1.61. The SMILES string of the molecule is CC1=NC(CCc2ccccc2)=C(C#N)C(c2ccc(F)cc2Cl)C1C#N. The Morgan fingerprint density at radius 1 is 1.11 bits per heavy atom. The zero-order chi connectivity index (χ0) is 19.4. The van der Waals surface area contributed by atoms with Gasteiger partial charge in [-0.1, -0.05) is 48.0 Å². The van der Waals surface area contributed by atoms with Gasteiger partial charge in [-0.05, 0) is 43.0 Å². The molecule has 2 aromatic carbocycles. The van der Waals surface area contributed by atoms with E-state index in [1.807, 2.05) is 30.3 Å². The zero-order valence-electron chi connectivity index (χ0n) is 14.8. The molecule has 3 rings (SSSR count). The number of rotatable bonds is 4. The van der Waals surface area contributed by atoms with Crippen LogP contribution in [0.4, 0.5) is 4.39 Å².